The zero-order valence-corrected chi connectivity index (χ0v) is 11.5. The van der Waals surface area contributed by atoms with E-state index < -0.39 is 0 Å². The van der Waals surface area contributed by atoms with Gasteiger partial charge in [0.15, 0.2) is 0 Å². The van der Waals surface area contributed by atoms with E-state index in [0.29, 0.717) is 5.56 Å². The minimum Gasteiger partial charge on any atom is -0.389 e. The van der Waals surface area contributed by atoms with Crippen molar-refractivity contribution >= 4 is 22.9 Å². The van der Waals surface area contributed by atoms with Gasteiger partial charge in [-0.25, -0.2) is 4.39 Å². The predicted octanol–water partition coefficient (Wildman–Crippen LogP) is 3.09. The monoisotopic (exact) mass is 266 g/mol. The van der Waals surface area contributed by atoms with Gasteiger partial charge in [0.2, 0.25) is 0 Å². The molecule has 0 heterocycles. The van der Waals surface area contributed by atoms with E-state index in [1.54, 1.807) is 6.07 Å². The molecule has 0 aliphatic heterocycles. The summed E-state index contributed by atoms with van der Waals surface area (Å²) >= 11 is 4.97. The average molecular weight is 266 g/mol. The molecular weight excluding hydrogens is 247 g/mol. The zero-order valence-electron chi connectivity index (χ0n) is 10.7. The molecule has 98 valence electrons. The quantitative estimate of drug-likeness (QED) is 0.830. The number of thiocarbonyl (C=S) groups is 1. The van der Waals surface area contributed by atoms with E-state index in [0.717, 1.165) is 24.7 Å². The molecule has 1 aromatic carbocycles. The third-order valence-electron chi connectivity index (χ3n) is 3.66. The van der Waals surface area contributed by atoms with Gasteiger partial charge in [0.05, 0.1) is 5.56 Å². The van der Waals surface area contributed by atoms with Crippen molar-refractivity contribution in [3.63, 3.8) is 0 Å². The highest BCUT2D eigenvalue weighted by atomic mass is 32.1. The van der Waals surface area contributed by atoms with Crippen LogP contribution in [-0.4, -0.2) is 18.1 Å². The number of anilines is 1. The van der Waals surface area contributed by atoms with Gasteiger partial charge in [-0.1, -0.05) is 24.7 Å². The summed E-state index contributed by atoms with van der Waals surface area (Å²) in [6.07, 6.45) is 3.86. The SMILES string of the molecule is CCN(CC1CCC1)c1cccc(F)c1C(N)=S. The van der Waals surface area contributed by atoms with Gasteiger partial charge >= 0.3 is 0 Å². The Morgan fingerprint density at radius 3 is 2.72 bits per heavy atom. The molecule has 0 unspecified atom stereocenters. The van der Waals surface area contributed by atoms with Crippen molar-refractivity contribution in [2.45, 2.75) is 26.2 Å². The first-order valence-electron chi connectivity index (χ1n) is 6.46. The third kappa shape index (κ3) is 2.64. The largest absolute Gasteiger partial charge is 0.389 e. The fourth-order valence-electron chi connectivity index (χ4n) is 2.41. The van der Waals surface area contributed by atoms with Gasteiger partial charge in [-0.3, -0.25) is 0 Å². The molecule has 4 heteroatoms. The van der Waals surface area contributed by atoms with Crippen LogP contribution in [-0.2, 0) is 0 Å². The standard InChI is InChI=1S/C14H19FN2S/c1-2-17(9-10-5-3-6-10)12-8-4-7-11(15)13(12)14(16)18/h4,7-8,10H,2-3,5-6,9H2,1H3,(H2,16,18). The van der Waals surface area contributed by atoms with Crippen molar-refractivity contribution < 1.29 is 4.39 Å². The molecule has 1 aliphatic rings. The maximum absolute atomic E-state index is 13.8. The maximum Gasteiger partial charge on any atom is 0.135 e. The number of nitrogens with zero attached hydrogens (tertiary/aromatic N) is 1. The molecular formula is C14H19FN2S. The number of nitrogens with two attached hydrogens (primary N) is 1. The van der Waals surface area contributed by atoms with Crippen molar-refractivity contribution in [2.75, 3.05) is 18.0 Å². The summed E-state index contributed by atoms with van der Waals surface area (Å²) in [4.78, 5) is 2.32. The Bertz CT molecular complexity index is 443. The van der Waals surface area contributed by atoms with Crippen LogP contribution in [0.25, 0.3) is 0 Å². The van der Waals surface area contributed by atoms with Gasteiger partial charge in [0, 0.05) is 18.8 Å². The number of halogens is 1. The van der Waals surface area contributed by atoms with Crippen LogP contribution in [0.5, 0.6) is 0 Å². The van der Waals surface area contributed by atoms with E-state index in [-0.39, 0.29) is 10.8 Å². The van der Waals surface area contributed by atoms with E-state index in [2.05, 4.69) is 11.8 Å². The molecule has 0 radical (unpaired) electrons. The molecule has 18 heavy (non-hydrogen) atoms. The summed E-state index contributed by atoms with van der Waals surface area (Å²) in [6, 6.07) is 5.03. The van der Waals surface area contributed by atoms with Crippen molar-refractivity contribution in [1.82, 2.24) is 0 Å². The molecule has 2 rings (SSSR count). The van der Waals surface area contributed by atoms with Crippen LogP contribution < -0.4 is 10.6 Å². The first-order chi connectivity index (χ1) is 8.63. The van der Waals surface area contributed by atoms with Crippen LogP contribution in [0.4, 0.5) is 10.1 Å². The molecule has 2 N–H and O–H groups in total. The Morgan fingerprint density at radius 1 is 1.50 bits per heavy atom. The van der Waals surface area contributed by atoms with E-state index in [4.69, 9.17) is 18.0 Å². The summed E-state index contributed by atoms with van der Waals surface area (Å²) in [5.74, 6) is 0.402. The highest BCUT2D eigenvalue weighted by Crippen LogP contribution is 2.30. The molecule has 1 aliphatic carbocycles. The second kappa shape index (κ2) is 5.65. The molecule has 1 aromatic rings. The van der Waals surface area contributed by atoms with Crippen LogP contribution in [0.1, 0.15) is 31.7 Å². The minimum absolute atomic E-state index is 0.134. The van der Waals surface area contributed by atoms with Crippen molar-refractivity contribution in [2.24, 2.45) is 11.7 Å². The summed E-state index contributed by atoms with van der Waals surface area (Å²) in [6.45, 7) is 3.89. The summed E-state index contributed by atoms with van der Waals surface area (Å²) < 4.78 is 13.8. The first-order valence-corrected chi connectivity index (χ1v) is 6.87. The normalized spacial score (nSPS) is 15.2. The van der Waals surface area contributed by atoms with Crippen LogP contribution >= 0.6 is 12.2 Å². The third-order valence-corrected chi connectivity index (χ3v) is 3.87. The molecule has 0 spiro atoms. The maximum atomic E-state index is 13.8. The van der Waals surface area contributed by atoms with Crippen LogP contribution in [0, 0.1) is 11.7 Å². The molecule has 0 aromatic heterocycles. The van der Waals surface area contributed by atoms with Gasteiger partial charge in [-0.15, -0.1) is 0 Å². The molecule has 0 atom stereocenters. The molecule has 0 bridgehead atoms. The van der Waals surface area contributed by atoms with Gasteiger partial charge < -0.3 is 10.6 Å². The number of benzene rings is 1. The van der Waals surface area contributed by atoms with Gasteiger partial charge in [-0.2, -0.15) is 0 Å². The summed E-state index contributed by atoms with van der Waals surface area (Å²) in [5.41, 5.74) is 6.86. The summed E-state index contributed by atoms with van der Waals surface area (Å²) in [7, 11) is 0. The Balaban J connectivity index is 2.28. The lowest BCUT2D eigenvalue weighted by molar-refractivity contribution is 0.318. The zero-order chi connectivity index (χ0) is 13.1. The highest BCUT2D eigenvalue weighted by Gasteiger charge is 2.22. The highest BCUT2D eigenvalue weighted by molar-refractivity contribution is 7.80. The van der Waals surface area contributed by atoms with Crippen molar-refractivity contribution in [3.8, 4) is 0 Å². The van der Waals surface area contributed by atoms with E-state index in [1.807, 2.05) is 6.07 Å². The van der Waals surface area contributed by atoms with Crippen molar-refractivity contribution in [1.29, 1.82) is 0 Å². The van der Waals surface area contributed by atoms with E-state index in [9.17, 15) is 4.39 Å². The van der Waals surface area contributed by atoms with Gasteiger partial charge in [0.1, 0.15) is 10.8 Å². The molecule has 2 nitrogen and oxygen atoms in total. The lowest BCUT2D eigenvalue weighted by Crippen LogP contribution is -2.34. The molecule has 0 saturated heterocycles. The molecule has 0 amide bonds. The Hall–Kier alpha value is -1.16. The molecule has 1 saturated carbocycles. The summed E-state index contributed by atoms with van der Waals surface area (Å²) in [5, 5.41) is 0. The Morgan fingerprint density at radius 2 is 2.22 bits per heavy atom. The lowest BCUT2D eigenvalue weighted by atomic mass is 9.85. The number of hydrogen-bond acceptors (Lipinski definition) is 2. The van der Waals surface area contributed by atoms with E-state index >= 15 is 0 Å². The lowest BCUT2D eigenvalue weighted by Gasteiger charge is -2.34. The van der Waals surface area contributed by atoms with Crippen molar-refractivity contribution in [3.05, 3.63) is 29.6 Å². The average Bonchev–Trinajstić information content (AvgIpc) is 2.27. The topological polar surface area (TPSA) is 29.3 Å². The minimum atomic E-state index is -0.327. The Labute approximate surface area is 113 Å². The first kappa shape index (κ1) is 13.3. The Kier molecular flexibility index (Phi) is 4.17. The van der Waals surface area contributed by atoms with Gasteiger partial charge in [-0.05, 0) is 37.8 Å². The van der Waals surface area contributed by atoms with Gasteiger partial charge in [0.25, 0.3) is 0 Å². The predicted molar refractivity (Wildman–Crippen MR) is 77.5 cm³/mol. The second-order valence-electron chi connectivity index (χ2n) is 4.83. The fraction of sp³-hybridized carbons (Fsp3) is 0.500. The van der Waals surface area contributed by atoms with Crippen LogP contribution in [0.15, 0.2) is 18.2 Å². The van der Waals surface area contributed by atoms with E-state index in [1.165, 1.54) is 25.3 Å². The smallest absolute Gasteiger partial charge is 0.135 e. The number of hydrogen-bond donors (Lipinski definition) is 1. The molecule has 1 fully saturated rings. The fourth-order valence-corrected chi connectivity index (χ4v) is 2.61. The van der Waals surface area contributed by atoms with Crippen LogP contribution in [0.2, 0.25) is 0 Å². The second-order valence-corrected chi connectivity index (χ2v) is 5.27. The van der Waals surface area contributed by atoms with Crippen LogP contribution in [0.3, 0.4) is 0 Å². The number of rotatable bonds is 5.